The van der Waals surface area contributed by atoms with Gasteiger partial charge in [0.15, 0.2) is 5.96 Å². The quantitative estimate of drug-likeness (QED) is 0.242. The van der Waals surface area contributed by atoms with Crippen LogP contribution in [0.2, 0.25) is 0 Å². The number of methoxy groups -OCH3 is 1. The summed E-state index contributed by atoms with van der Waals surface area (Å²) in [5, 5.41) is 7.00. The van der Waals surface area contributed by atoms with Crippen molar-refractivity contribution in [2.45, 2.75) is 45.6 Å². The van der Waals surface area contributed by atoms with Crippen LogP contribution in [0.4, 0.5) is 0 Å². The van der Waals surface area contributed by atoms with Crippen LogP contribution < -0.4 is 10.6 Å². The normalized spacial score (nSPS) is 16.0. The molecule has 0 unspecified atom stereocenters. The predicted molar refractivity (Wildman–Crippen MR) is 123 cm³/mol. The van der Waals surface area contributed by atoms with Crippen molar-refractivity contribution in [3.63, 3.8) is 0 Å². The number of piperidine rings is 1. The summed E-state index contributed by atoms with van der Waals surface area (Å²) in [5.41, 5.74) is 2.56. The van der Waals surface area contributed by atoms with Gasteiger partial charge in [0.05, 0.1) is 0 Å². The van der Waals surface area contributed by atoms with Crippen LogP contribution in [0.15, 0.2) is 23.5 Å². The van der Waals surface area contributed by atoms with Crippen LogP contribution in [-0.2, 0) is 11.2 Å². The molecular weight excluding hydrogens is 453 g/mol. The minimum atomic E-state index is 0. The summed E-state index contributed by atoms with van der Waals surface area (Å²) in [6.07, 6.45) is 8.18. The number of guanidine groups is 1. The molecule has 1 aliphatic heterocycles. The van der Waals surface area contributed by atoms with E-state index in [-0.39, 0.29) is 24.0 Å². The molecule has 154 valence electrons. The minimum Gasteiger partial charge on any atom is -0.385 e. The third kappa shape index (κ3) is 9.21. The van der Waals surface area contributed by atoms with Gasteiger partial charge in [0.1, 0.15) is 0 Å². The SMILES string of the molecule is CCNC(=NCCc1ccncc1C)NC1CCN(CCCOC)CC1.I. The minimum absolute atomic E-state index is 0. The standard InChI is InChI=1S/C20H35N5O.HI/c1-4-22-20(23-11-7-18-6-10-21-16-17(18)2)24-19-8-13-25(14-9-19)12-5-15-26-3;/h6,10,16,19H,4-5,7-9,11-15H2,1-3H3,(H2,22,23,24);1H. The molecule has 0 amide bonds. The number of rotatable bonds is 9. The van der Waals surface area contributed by atoms with Gasteiger partial charge < -0.3 is 20.3 Å². The van der Waals surface area contributed by atoms with Gasteiger partial charge in [0.25, 0.3) is 0 Å². The van der Waals surface area contributed by atoms with Gasteiger partial charge in [-0.25, -0.2) is 0 Å². The Labute approximate surface area is 181 Å². The number of aliphatic imine (C=N–C) groups is 1. The molecule has 0 bridgehead atoms. The lowest BCUT2D eigenvalue weighted by molar-refractivity contribution is 0.155. The third-order valence-electron chi connectivity index (χ3n) is 4.88. The number of aryl methyl sites for hydroxylation is 1. The topological polar surface area (TPSA) is 61.8 Å². The van der Waals surface area contributed by atoms with E-state index in [0.717, 1.165) is 58.1 Å². The summed E-state index contributed by atoms with van der Waals surface area (Å²) in [6, 6.07) is 2.60. The molecule has 2 rings (SSSR count). The molecule has 2 N–H and O–H groups in total. The maximum absolute atomic E-state index is 5.14. The summed E-state index contributed by atoms with van der Waals surface area (Å²) in [5.74, 6) is 0.942. The molecule has 0 aliphatic carbocycles. The molecule has 6 nitrogen and oxygen atoms in total. The molecule has 2 heterocycles. The third-order valence-corrected chi connectivity index (χ3v) is 4.88. The van der Waals surface area contributed by atoms with Crippen molar-refractivity contribution in [1.82, 2.24) is 20.5 Å². The Morgan fingerprint density at radius 2 is 2.15 bits per heavy atom. The highest BCUT2D eigenvalue weighted by atomic mass is 127. The number of nitrogens with one attached hydrogen (secondary N) is 2. The summed E-state index contributed by atoms with van der Waals surface area (Å²) in [6.45, 7) is 10.2. The summed E-state index contributed by atoms with van der Waals surface area (Å²) >= 11 is 0. The summed E-state index contributed by atoms with van der Waals surface area (Å²) in [4.78, 5) is 11.5. The molecule has 0 saturated carbocycles. The Morgan fingerprint density at radius 3 is 2.81 bits per heavy atom. The summed E-state index contributed by atoms with van der Waals surface area (Å²) in [7, 11) is 1.77. The van der Waals surface area contributed by atoms with Crippen molar-refractivity contribution in [3.8, 4) is 0 Å². The maximum Gasteiger partial charge on any atom is 0.191 e. The van der Waals surface area contributed by atoms with Crippen LogP contribution in [0, 0.1) is 6.92 Å². The second-order valence-corrected chi connectivity index (χ2v) is 6.92. The number of hydrogen-bond acceptors (Lipinski definition) is 4. The fourth-order valence-corrected chi connectivity index (χ4v) is 3.32. The van der Waals surface area contributed by atoms with Crippen molar-refractivity contribution >= 4 is 29.9 Å². The molecule has 1 aliphatic rings. The number of aromatic nitrogens is 1. The van der Waals surface area contributed by atoms with Crippen molar-refractivity contribution < 1.29 is 4.74 Å². The van der Waals surface area contributed by atoms with Crippen molar-refractivity contribution in [2.75, 3.05) is 46.4 Å². The summed E-state index contributed by atoms with van der Waals surface area (Å²) < 4.78 is 5.14. The Hall–Kier alpha value is -0.930. The number of halogens is 1. The monoisotopic (exact) mass is 489 g/mol. The molecule has 1 aromatic heterocycles. The van der Waals surface area contributed by atoms with E-state index < -0.39 is 0 Å². The Morgan fingerprint density at radius 1 is 1.37 bits per heavy atom. The van der Waals surface area contributed by atoms with E-state index in [4.69, 9.17) is 9.73 Å². The van der Waals surface area contributed by atoms with E-state index in [0.29, 0.717) is 6.04 Å². The first-order valence-corrected chi connectivity index (χ1v) is 9.88. The number of ether oxygens (including phenoxy) is 1. The van der Waals surface area contributed by atoms with Crippen LogP contribution in [-0.4, -0.2) is 68.3 Å². The van der Waals surface area contributed by atoms with Crippen LogP contribution >= 0.6 is 24.0 Å². The van der Waals surface area contributed by atoms with E-state index in [1.165, 1.54) is 24.0 Å². The number of hydrogen-bond donors (Lipinski definition) is 2. The zero-order chi connectivity index (χ0) is 18.6. The van der Waals surface area contributed by atoms with Gasteiger partial charge in [0.2, 0.25) is 0 Å². The van der Waals surface area contributed by atoms with Gasteiger partial charge in [-0.1, -0.05) is 0 Å². The second kappa shape index (κ2) is 14.1. The highest BCUT2D eigenvalue weighted by Crippen LogP contribution is 2.11. The second-order valence-electron chi connectivity index (χ2n) is 6.92. The van der Waals surface area contributed by atoms with Gasteiger partial charge in [-0.2, -0.15) is 0 Å². The first kappa shape index (κ1) is 24.1. The molecule has 0 spiro atoms. The smallest absolute Gasteiger partial charge is 0.191 e. The zero-order valence-corrected chi connectivity index (χ0v) is 19.4. The molecule has 0 atom stereocenters. The molecule has 7 heteroatoms. The van der Waals surface area contributed by atoms with Crippen molar-refractivity contribution in [1.29, 1.82) is 0 Å². The molecule has 1 fully saturated rings. The van der Waals surface area contributed by atoms with Crippen LogP contribution in [0.3, 0.4) is 0 Å². The number of likely N-dealkylation sites (tertiary alicyclic amines) is 1. The molecule has 27 heavy (non-hydrogen) atoms. The van der Waals surface area contributed by atoms with Crippen molar-refractivity contribution in [2.24, 2.45) is 4.99 Å². The highest BCUT2D eigenvalue weighted by Gasteiger charge is 2.19. The van der Waals surface area contributed by atoms with E-state index in [2.05, 4.69) is 40.4 Å². The molecular formula is C20H36IN5O. The van der Waals surface area contributed by atoms with Gasteiger partial charge >= 0.3 is 0 Å². The van der Waals surface area contributed by atoms with Crippen LogP contribution in [0.1, 0.15) is 37.3 Å². The first-order valence-electron chi connectivity index (χ1n) is 9.88. The molecule has 0 aromatic carbocycles. The lowest BCUT2D eigenvalue weighted by Gasteiger charge is -2.33. The van der Waals surface area contributed by atoms with Crippen LogP contribution in [0.25, 0.3) is 0 Å². The molecule has 1 saturated heterocycles. The van der Waals surface area contributed by atoms with E-state index in [1.54, 1.807) is 7.11 Å². The van der Waals surface area contributed by atoms with Gasteiger partial charge in [0, 0.05) is 64.9 Å². The largest absolute Gasteiger partial charge is 0.385 e. The highest BCUT2D eigenvalue weighted by molar-refractivity contribution is 14.0. The fraction of sp³-hybridized carbons (Fsp3) is 0.700. The molecule has 0 radical (unpaired) electrons. The molecule has 1 aromatic rings. The van der Waals surface area contributed by atoms with Crippen LogP contribution in [0.5, 0.6) is 0 Å². The Balaban J connectivity index is 0.00000364. The van der Waals surface area contributed by atoms with Gasteiger partial charge in [-0.15, -0.1) is 24.0 Å². The average molecular weight is 489 g/mol. The zero-order valence-electron chi connectivity index (χ0n) is 17.0. The fourth-order valence-electron chi connectivity index (χ4n) is 3.32. The Kier molecular flexibility index (Phi) is 12.6. The number of pyridine rings is 1. The maximum atomic E-state index is 5.14. The first-order chi connectivity index (χ1) is 12.7. The van der Waals surface area contributed by atoms with Gasteiger partial charge in [-0.3, -0.25) is 9.98 Å². The van der Waals surface area contributed by atoms with E-state index in [9.17, 15) is 0 Å². The Bertz CT molecular complexity index is 547. The van der Waals surface area contributed by atoms with E-state index >= 15 is 0 Å². The lowest BCUT2D eigenvalue weighted by Crippen LogP contribution is -2.49. The van der Waals surface area contributed by atoms with Crippen molar-refractivity contribution in [3.05, 3.63) is 29.6 Å². The predicted octanol–water partition coefficient (Wildman–Crippen LogP) is 2.61. The average Bonchev–Trinajstić information content (AvgIpc) is 2.65. The van der Waals surface area contributed by atoms with E-state index in [1.807, 2.05) is 12.4 Å². The van der Waals surface area contributed by atoms with Gasteiger partial charge in [-0.05, 0) is 56.7 Å². The lowest BCUT2D eigenvalue weighted by atomic mass is 10.1. The number of nitrogens with zero attached hydrogens (tertiary/aromatic N) is 3.